The summed E-state index contributed by atoms with van der Waals surface area (Å²) in [5.74, 6) is 0.222. The number of aromatic nitrogens is 4. The molecule has 0 saturated heterocycles. The van der Waals surface area contributed by atoms with Gasteiger partial charge in [0.1, 0.15) is 6.54 Å². The highest BCUT2D eigenvalue weighted by atomic mass is 79.9. The highest BCUT2D eigenvalue weighted by molar-refractivity contribution is 9.10. The van der Waals surface area contributed by atoms with Crippen LogP contribution >= 0.6 is 27.5 Å². The third-order valence-electron chi connectivity index (χ3n) is 3.30. The number of benzene rings is 2. The molecular weight excluding hydrogens is 394 g/mol. The average molecular weight is 407 g/mol. The largest absolute Gasteiger partial charge is 0.324 e. The molecule has 24 heavy (non-hydrogen) atoms. The van der Waals surface area contributed by atoms with E-state index in [1.165, 1.54) is 4.80 Å². The normalized spacial score (nSPS) is 10.6. The summed E-state index contributed by atoms with van der Waals surface area (Å²) < 4.78 is 0.962. The Hall–Kier alpha value is -2.25. The molecule has 1 aromatic heterocycles. The second-order valence-electron chi connectivity index (χ2n) is 5.16. The minimum absolute atomic E-state index is 0.0178. The summed E-state index contributed by atoms with van der Waals surface area (Å²) in [7, 11) is 0. The van der Waals surface area contributed by atoms with Gasteiger partial charge in [0, 0.05) is 20.7 Å². The number of carbonyl (C=O) groups is 1. The third kappa shape index (κ3) is 3.98. The summed E-state index contributed by atoms with van der Waals surface area (Å²) in [6, 6.07) is 12.7. The van der Waals surface area contributed by atoms with Crippen LogP contribution in [0.4, 0.5) is 5.69 Å². The number of hydrogen-bond acceptors (Lipinski definition) is 4. The lowest BCUT2D eigenvalue weighted by Gasteiger charge is -2.08. The van der Waals surface area contributed by atoms with Gasteiger partial charge in [-0.3, -0.25) is 4.79 Å². The number of carbonyl (C=O) groups excluding carboxylic acids is 1. The molecule has 0 aliphatic rings. The van der Waals surface area contributed by atoms with Crippen molar-refractivity contribution in [3.05, 3.63) is 57.5 Å². The molecule has 0 unspecified atom stereocenters. The van der Waals surface area contributed by atoms with Crippen molar-refractivity contribution in [3.63, 3.8) is 0 Å². The van der Waals surface area contributed by atoms with E-state index in [1.807, 2.05) is 25.1 Å². The van der Waals surface area contributed by atoms with Crippen LogP contribution in [0.2, 0.25) is 5.02 Å². The first-order valence-corrected chi connectivity index (χ1v) is 8.28. The molecule has 0 atom stereocenters. The molecule has 1 amide bonds. The molecule has 6 nitrogen and oxygen atoms in total. The van der Waals surface area contributed by atoms with Crippen molar-refractivity contribution in [2.75, 3.05) is 5.32 Å². The zero-order valence-corrected chi connectivity index (χ0v) is 15.0. The minimum atomic E-state index is -0.222. The van der Waals surface area contributed by atoms with Crippen LogP contribution in [0, 0.1) is 6.92 Å². The van der Waals surface area contributed by atoms with E-state index in [1.54, 1.807) is 24.3 Å². The van der Waals surface area contributed by atoms with Crippen LogP contribution in [0.5, 0.6) is 0 Å². The summed E-state index contributed by atoms with van der Waals surface area (Å²) in [5.41, 5.74) is 2.50. The van der Waals surface area contributed by atoms with Gasteiger partial charge < -0.3 is 5.32 Å². The van der Waals surface area contributed by atoms with Crippen molar-refractivity contribution in [1.29, 1.82) is 0 Å². The molecule has 0 spiro atoms. The SMILES string of the molecule is Cc1cc(Br)ccc1NC(=O)Cn1nnc(-c2ccc(Cl)cc2)n1. The lowest BCUT2D eigenvalue weighted by Crippen LogP contribution is -2.20. The molecule has 1 heterocycles. The molecule has 0 bridgehead atoms. The van der Waals surface area contributed by atoms with Gasteiger partial charge in [0.15, 0.2) is 0 Å². The van der Waals surface area contributed by atoms with Crippen molar-refractivity contribution in [2.45, 2.75) is 13.5 Å². The van der Waals surface area contributed by atoms with Crippen molar-refractivity contribution in [2.24, 2.45) is 0 Å². The molecule has 0 saturated carbocycles. The van der Waals surface area contributed by atoms with Gasteiger partial charge in [-0.1, -0.05) is 27.5 Å². The van der Waals surface area contributed by atoms with E-state index in [2.05, 4.69) is 36.7 Å². The predicted molar refractivity (Wildman–Crippen MR) is 95.8 cm³/mol. The van der Waals surface area contributed by atoms with Gasteiger partial charge in [-0.2, -0.15) is 4.80 Å². The maximum absolute atomic E-state index is 12.1. The Labute approximate surface area is 152 Å². The van der Waals surface area contributed by atoms with E-state index < -0.39 is 0 Å². The van der Waals surface area contributed by atoms with Crippen LogP contribution < -0.4 is 5.32 Å². The summed E-state index contributed by atoms with van der Waals surface area (Å²) in [6.07, 6.45) is 0. The molecule has 2 aromatic carbocycles. The minimum Gasteiger partial charge on any atom is -0.324 e. The van der Waals surface area contributed by atoms with Crippen LogP contribution in [-0.4, -0.2) is 26.1 Å². The molecule has 1 N–H and O–H groups in total. The molecule has 122 valence electrons. The molecule has 3 aromatic rings. The Morgan fingerprint density at radius 2 is 2.00 bits per heavy atom. The first-order chi connectivity index (χ1) is 11.5. The van der Waals surface area contributed by atoms with E-state index in [9.17, 15) is 4.79 Å². The molecule has 0 radical (unpaired) electrons. The van der Waals surface area contributed by atoms with Crippen molar-refractivity contribution in [3.8, 4) is 11.4 Å². The Balaban J connectivity index is 1.68. The highest BCUT2D eigenvalue weighted by Gasteiger charge is 2.10. The number of hydrogen-bond donors (Lipinski definition) is 1. The molecule has 3 rings (SSSR count). The number of halogens is 2. The van der Waals surface area contributed by atoms with Crippen LogP contribution in [0.25, 0.3) is 11.4 Å². The Bertz CT molecular complexity index is 878. The number of nitrogens with one attached hydrogen (secondary N) is 1. The fraction of sp³-hybridized carbons (Fsp3) is 0.125. The molecule has 0 fully saturated rings. The second-order valence-corrected chi connectivity index (χ2v) is 6.51. The van der Waals surface area contributed by atoms with Gasteiger partial charge in [-0.25, -0.2) is 0 Å². The average Bonchev–Trinajstić information content (AvgIpc) is 2.99. The number of aryl methyl sites for hydroxylation is 1. The zero-order valence-electron chi connectivity index (χ0n) is 12.7. The number of rotatable bonds is 4. The van der Waals surface area contributed by atoms with Gasteiger partial charge in [0.2, 0.25) is 11.7 Å². The number of nitrogens with zero attached hydrogens (tertiary/aromatic N) is 4. The molecule has 0 aliphatic carbocycles. The number of tetrazole rings is 1. The summed E-state index contributed by atoms with van der Waals surface area (Å²) in [5, 5.41) is 15.5. The number of anilines is 1. The lowest BCUT2D eigenvalue weighted by atomic mass is 10.2. The van der Waals surface area contributed by atoms with Gasteiger partial charge in [0.05, 0.1) is 0 Å². The van der Waals surface area contributed by atoms with Gasteiger partial charge in [0.25, 0.3) is 0 Å². The molecule has 0 aliphatic heterocycles. The Morgan fingerprint density at radius 1 is 1.25 bits per heavy atom. The van der Waals surface area contributed by atoms with E-state index in [0.29, 0.717) is 10.8 Å². The van der Waals surface area contributed by atoms with E-state index >= 15 is 0 Å². The number of amides is 1. The van der Waals surface area contributed by atoms with E-state index in [-0.39, 0.29) is 12.5 Å². The summed E-state index contributed by atoms with van der Waals surface area (Å²) in [6.45, 7) is 1.91. The Morgan fingerprint density at radius 3 is 2.71 bits per heavy atom. The molecule has 8 heteroatoms. The quantitative estimate of drug-likeness (QED) is 0.717. The first kappa shape index (κ1) is 16.6. The zero-order chi connectivity index (χ0) is 17.1. The smallest absolute Gasteiger partial charge is 0.248 e. The van der Waals surface area contributed by atoms with Gasteiger partial charge >= 0.3 is 0 Å². The first-order valence-electron chi connectivity index (χ1n) is 7.11. The Kier molecular flexibility index (Phi) is 4.92. The lowest BCUT2D eigenvalue weighted by molar-refractivity contribution is -0.117. The fourth-order valence-electron chi connectivity index (χ4n) is 2.11. The standard InChI is InChI=1S/C16H13BrClN5O/c1-10-8-12(17)4-7-14(10)19-15(24)9-23-21-16(20-22-23)11-2-5-13(18)6-3-11/h2-8H,9H2,1H3,(H,19,24). The maximum atomic E-state index is 12.1. The van der Waals surface area contributed by atoms with Crippen molar-refractivity contribution >= 4 is 39.1 Å². The van der Waals surface area contributed by atoms with E-state index in [0.717, 1.165) is 21.3 Å². The molecular formula is C16H13BrClN5O. The van der Waals surface area contributed by atoms with Gasteiger partial charge in [-0.05, 0) is 60.2 Å². The van der Waals surface area contributed by atoms with Crippen LogP contribution in [0.3, 0.4) is 0 Å². The van der Waals surface area contributed by atoms with Crippen molar-refractivity contribution < 1.29 is 4.79 Å². The van der Waals surface area contributed by atoms with E-state index in [4.69, 9.17) is 11.6 Å². The third-order valence-corrected chi connectivity index (χ3v) is 4.05. The van der Waals surface area contributed by atoms with Crippen LogP contribution in [0.1, 0.15) is 5.56 Å². The highest BCUT2D eigenvalue weighted by Crippen LogP contribution is 2.20. The van der Waals surface area contributed by atoms with Crippen LogP contribution in [0.15, 0.2) is 46.9 Å². The second kappa shape index (κ2) is 7.11. The predicted octanol–water partition coefficient (Wildman–Crippen LogP) is 3.70. The topological polar surface area (TPSA) is 72.7 Å². The monoisotopic (exact) mass is 405 g/mol. The van der Waals surface area contributed by atoms with Crippen molar-refractivity contribution in [1.82, 2.24) is 20.2 Å². The fourth-order valence-corrected chi connectivity index (χ4v) is 2.71. The summed E-state index contributed by atoms with van der Waals surface area (Å²) in [4.78, 5) is 13.4. The van der Waals surface area contributed by atoms with Gasteiger partial charge in [-0.15, -0.1) is 10.2 Å². The van der Waals surface area contributed by atoms with Crippen LogP contribution in [-0.2, 0) is 11.3 Å². The summed E-state index contributed by atoms with van der Waals surface area (Å²) >= 11 is 9.25. The maximum Gasteiger partial charge on any atom is 0.248 e.